The van der Waals surface area contributed by atoms with Crippen LogP contribution in [0.5, 0.6) is 11.5 Å². The van der Waals surface area contributed by atoms with E-state index >= 15 is 0 Å². The molecule has 0 spiro atoms. The lowest BCUT2D eigenvalue weighted by Crippen LogP contribution is -2.06. The molecule has 0 fully saturated rings. The van der Waals surface area contributed by atoms with Crippen LogP contribution in [0.4, 0.5) is 4.39 Å². The summed E-state index contributed by atoms with van der Waals surface area (Å²) >= 11 is 5.90. The summed E-state index contributed by atoms with van der Waals surface area (Å²) in [5.74, 6) is -1.40. The van der Waals surface area contributed by atoms with Gasteiger partial charge in [0.15, 0.2) is 11.5 Å². The van der Waals surface area contributed by atoms with E-state index in [0.29, 0.717) is 0 Å². The third kappa shape index (κ3) is 3.25. The minimum absolute atomic E-state index is 0.0341. The van der Waals surface area contributed by atoms with Gasteiger partial charge in [0.1, 0.15) is 18.0 Å². The molecule has 1 N–H and O–H groups in total. The lowest BCUT2D eigenvalue weighted by molar-refractivity contribution is 0.0691. The number of carboxylic acids is 1. The van der Waals surface area contributed by atoms with E-state index in [1.54, 1.807) is 6.07 Å². The van der Waals surface area contributed by atoms with Gasteiger partial charge in [-0.25, -0.2) is 9.18 Å². The Morgan fingerprint density at radius 1 is 1.29 bits per heavy atom. The predicted molar refractivity (Wildman–Crippen MR) is 75.7 cm³/mol. The fourth-order valence-corrected chi connectivity index (χ4v) is 2.03. The highest BCUT2D eigenvalue weighted by Crippen LogP contribution is 2.32. The fourth-order valence-electron chi connectivity index (χ4n) is 1.81. The molecule has 0 aromatic heterocycles. The van der Waals surface area contributed by atoms with Crippen LogP contribution in [0.25, 0.3) is 0 Å². The van der Waals surface area contributed by atoms with Crippen molar-refractivity contribution in [2.45, 2.75) is 6.61 Å². The van der Waals surface area contributed by atoms with E-state index in [4.69, 9.17) is 26.2 Å². The summed E-state index contributed by atoms with van der Waals surface area (Å²) < 4.78 is 24.2. The molecule has 0 aliphatic rings. The van der Waals surface area contributed by atoms with Crippen LogP contribution in [0.15, 0.2) is 36.4 Å². The van der Waals surface area contributed by atoms with Crippen LogP contribution in [-0.4, -0.2) is 18.2 Å². The van der Waals surface area contributed by atoms with Crippen molar-refractivity contribution in [1.82, 2.24) is 0 Å². The Labute approximate surface area is 125 Å². The molecular weight excluding hydrogens is 299 g/mol. The van der Waals surface area contributed by atoms with E-state index in [1.807, 2.05) is 0 Å². The molecule has 0 unspecified atom stereocenters. The van der Waals surface area contributed by atoms with Gasteiger partial charge < -0.3 is 14.6 Å². The third-order valence-electron chi connectivity index (χ3n) is 2.85. The summed E-state index contributed by atoms with van der Waals surface area (Å²) in [5.41, 5.74) is 0.0863. The van der Waals surface area contributed by atoms with Crippen molar-refractivity contribution in [3.05, 3.63) is 58.4 Å². The number of ether oxygens (including phenoxy) is 2. The number of rotatable bonds is 5. The zero-order valence-corrected chi connectivity index (χ0v) is 11.9. The van der Waals surface area contributed by atoms with Gasteiger partial charge in [0.2, 0.25) is 0 Å². The van der Waals surface area contributed by atoms with Crippen LogP contribution in [-0.2, 0) is 6.61 Å². The first-order chi connectivity index (χ1) is 10.0. The van der Waals surface area contributed by atoms with Gasteiger partial charge in [-0.05, 0) is 24.3 Å². The van der Waals surface area contributed by atoms with Crippen molar-refractivity contribution in [2.75, 3.05) is 7.11 Å². The van der Waals surface area contributed by atoms with E-state index in [-0.39, 0.29) is 34.3 Å². The number of benzene rings is 2. The van der Waals surface area contributed by atoms with E-state index in [1.165, 1.54) is 37.4 Å². The number of carboxylic acid groups (broad SMARTS) is 1. The number of aromatic carboxylic acids is 1. The highest BCUT2D eigenvalue weighted by molar-refractivity contribution is 6.31. The number of carbonyl (C=O) groups is 1. The summed E-state index contributed by atoms with van der Waals surface area (Å²) in [6.07, 6.45) is 0. The Morgan fingerprint density at radius 2 is 2.00 bits per heavy atom. The average Bonchev–Trinajstić information content (AvgIpc) is 2.46. The van der Waals surface area contributed by atoms with Gasteiger partial charge in [-0.15, -0.1) is 0 Å². The van der Waals surface area contributed by atoms with Crippen molar-refractivity contribution >= 4 is 17.6 Å². The van der Waals surface area contributed by atoms with Crippen molar-refractivity contribution in [3.8, 4) is 11.5 Å². The normalized spacial score (nSPS) is 10.2. The van der Waals surface area contributed by atoms with Gasteiger partial charge in [0.25, 0.3) is 0 Å². The molecule has 2 aromatic rings. The minimum atomic E-state index is -1.16. The van der Waals surface area contributed by atoms with Gasteiger partial charge in [0, 0.05) is 5.56 Å². The maximum Gasteiger partial charge on any atom is 0.339 e. The second-order valence-corrected chi connectivity index (χ2v) is 4.54. The first kappa shape index (κ1) is 15.1. The van der Waals surface area contributed by atoms with Gasteiger partial charge in [0.05, 0.1) is 12.1 Å². The van der Waals surface area contributed by atoms with E-state index in [0.717, 1.165) is 0 Å². The SMILES string of the molecule is COc1cccc(C(=O)O)c1OCc1c(F)cccc1Cl. The first-order valence-corrected chi connectivity index (χ1v) is 6.38. The Bertz CT molecular complexity index is 652. The molecule has 0 saturated carbocycles. The highest BCUT2D eigenvalue weighted by atomic mass is 35.5. The number of para-hydroxylation sites is 1. The maximum absolute atomic E-state index is 13.7. The van der Waals surface area contributed by atoms with Gasteiger partial charge in [-0.2, -0.15) is 0 Å². The second-order valence-electron chi connectivity index (χ2n) is 4.13. The van der Waals surface area contributed by atoms with E-state index in [9.17, 15) is 9.18 Å². The van der Waals surface area contributed by atoms with Crippen molar-refractivity contribution in [3.63, 3.8) is 0 Å². The molecule has 2 rings (SSSR count). The molecule has 0 heterocycles. The largest absolute Gasteiger partial charge is 0.493 e. The zero-order chi connectivity index (χ0) is 15.4. The quantitative estimate of drug-likeness (QED) is 0.913. The van der Waals surface area contributed by atoms with E-state index in [2.05, 4.69) is 0 Å². The predicted octanol–water partition coefficient (Wildman–Crippen LogP) is 3.76. The average molecular weight is 311 g/mol. The number of halogens is 2. The Kier molecular flexibility index (Phi) is 4.65. The Morgan fingerprint density at radius 3 is 2.62 bits per heavy atom. The lowest BCUT2D eigenvalue weighted by atomic mass is 10.2. The van der Waals surface area contributed by atoms with Crippen LogP contribution in [0.3, 0.4) is 0 Å². The van der Waals surface area contributed by atoms with Gasteiger partial charge in [-0.3, -0.25) is 0 Å². The van der Waals surface area contributed by atoms with Crippen molar-refractivity contribution in [1.29, 1.82) is 0 Å². The highest BCUT2D eigenvalue weighted by Gasteiger charge is 2.17. The maximum atomic E-state index is 13.7. The fraction of sp³-hybridized carbons (Fsp3) is 0.133. The first-order valence-electron chi connectivity index (χ1n) is 6.00. The molecule has 0 aliphatic heterocycles. The smallest absolute Gasteiger partial charge is 0.339 e. The molecule has 0 saturated heterocycles. The minimum Gasteiger partial charge on any atom is -0.493 e. The third-order valence-corrected chi connectivity index (χ3v) is 3.21. The molecule has 0 radical (unpaired) electrons. The molecule has 0 atom stereocenters. The monoisotopic (exact) mass is 310 g/mol. The molecule has 4 nitrogen and oxygen atoms in total. The van der Waals surface area contributed by atoms with Crippen LogP contribution in [0, 0.1) is 5.82 Å². The molecule has 0 aliphatic carbocycles. The second kappa shape index (κ2) is 6.45. The summed E-state index contributed by atoms with van der Waals surface area (Å²) in [4.78, 5) is 11.2. The molecule has 110 valence electrons. The topological polar surface area (TPSA) is 55.8 Å². The summed E-state index contributed by atoms with van der Waals surface area (Å²) in [6, 6.07) is 8.74. The van der Waals surface area contributed by atoms with Crippen LogP contribution in [0.1, 0.15) is 15.9 Å². The van der Waals surface area contributed by atoms with Crippen molar-refractivity contribution < 1.29 is 23.8 Å². The lowest BCUT2D eigenvalue weighted by Gasteiger charge is -2.14. The zero-order valence-electron chi connectivity index (χ0n) is 11.1. The van der Waals surface area contributed by atoms with Crippen LogP contribution in [0.2, 0.25) is 5.02 Å². The summed E-state index contributed by atoms with van der Waals surface area (Å²) in [7, 11) is 1.39. The van der Waals surface area contributed by atoms with Crippen LogP contribution < -0.4 is 9.47 Å². The summed E-state index contributed by atoms with van der Waals surface area (Å²) in [6.45, 7) is -0.202. The molecule has 0 amide bonds. The molecule has 2 aromatic carbocycles. The number of methoxy groups -OCH3 is 1. The standard InChI is InChI=1S/C15H12ClFO4/c1-20-13-7-2-4-9(15(18)19)14(13)21-8-10-11(16)5-3-6-12(10)17/h2-7H,8H2,1H3,(H,18,19). The van der Waals surface area contributed by atoms with Crippen LogP contribution >= 0.6 is 11.6 Å². The van der Waals surface area contributed by atoms with Crippen molar-refractivity contribution in [2.24, 2.45) is 0 Å². The van der Waals surface area contributed by atoms with E-state index < -0.39 is 11.8 Å². The number of hydrogen-bond donors (Lipinski definition) is 1. The Hall–Kier alpha value is -2.27. The molecule has 21 heavy (non-hydrogen) atoms. The summed E-state index contributed by atoms with van der Waals surface area (Å²) in [5, 5.41) is 9.37. The number of hydrogen-bond acceptors (Lipinski definition) is 3. The van der Waals surface area contributed by atoms with Gasteiger partial charge >= 0.3 is 5.97 Å². The molecule has 0 bridgehead atoms. The molecular formula is C15H12ClFO4. The van der Waals surface area contributed by atoms with Gasteiger partial charge in [-0.1, -0.05) is 23.7 Å². The molecule has 6 heteroatoms. The Balaban J connectivity index is 2.33.